The first kappa shape index (κ1) is 26.8. The molecule has 0 bridgehead atoms. The fourth-order valence-corrected chi connectivity index (χ4v) is 5.79. The topological polar surface area (TPSA) is 82.1 Å². The van der Waals surface area contributed by atoms with Crippen molar-refractivity contribution in [1.29, 1.82) is 0 Å². The van der Waals surface area contributed by atoms with Crippen LogP contribution in [-0.4, -0.2) is 47.4 Å². The molecule has 0 heterocycles. The number of rotatable bonds is 9. The molecule has 0 saturated carbocycles. The number of hydrogen-bond acceptors (Lipinski definition) is 6. The minimum absolute atomic E-state index is 0.109. The third-order valence-corrected chi connectivity index (χ3v) is 8.28. The number of hydrogen-bond donors (Lipinski definition) is 1. The van der Waals surface area contributed by atoms with Gasteiger partial charge in [0.25, 0.3) is 15.9 Å². The molecule has 3 aromatic carbocycles. The van der Waals surface area contributed by atoms with Crippen LogP contribution in [0.1, 0.15) is 11.1 Å². The molecule has 0 unspecified atom stereocenters. The zero-order valence-electron chi connectivity index (χ0n) is 19.9. The highest BCUT2D eigenvalue weighted by atomic mass is 79.9. The van der Waals surface area contributed by atoms with Crippen molar-refractivity contribution >= 4 is 61.2 Å². The maximum atomic E-state index is 13.5. The monoisotopic (exact) mass is 574 g/mol. The Morgan fingerprint density at radius 1 is 1.06 bits per heavy atom. The van der Waals surface area contributed by atoms with Gasteiger partial charge in [-0.05, 0) is 83.2 Å². The van der Waals surface area contributed by atoms with Crippen LogP contribution in [0, 0.1) is 6.92 Å². The molecule has 0 aliphatic carbocycles. The van der Waals surface area contributed by atoms with Crippen molar-refractivity contribution in [1.82, 2.24) is 5.43 Å². The quantitative estimate of drug-likeness (QED) is 0.223. The fourth-order valence-electron chi connectivity index (χ4n) is 3.21. The molecule has 3 aromatic rings. The summed E-state index contributed by atoms with van der Waals surface area (Å²) in [7, 11) is -0.0952. The van der Waals surface area contributed by atoms with Gasteiger partial charge in [-0.3, -0.25) is 9.10 Å². The van der Waals surface area contributed by atoms with Gasteiger partial charge in [-0.15, -0.1) is 11.8 Å². The number of carbonyl (C=O) groups is 1. The van der Waals surface area contributed by atoms with E-state index in [0.717, 1.165) is 30.5 Å². The van der Waals surface area contributed by atoms with E-state index in [1.54, 1.807) is 48.5 Å². The van der Waals surface area contributed by atoms with Gasteiger partial charge in [0.05, 0.1) is 22.5 Å². The normalized spacial score (nSPS) is 11.5. The van der Waals surface area contributed by atoms with Crippen LogP contribution in [0.15, 0.2) is 86.1 Å². The van der Waals surface area contributed by atoms with Crippen molar-refractivity contribution in [3.63, 3.8) is 0 Å². The second-order valence-corrected chi connectivity index (χ2v) is 11.5. The van der Waals surface area contributed by atoms with E-state index < -0.39 is 22.5 Å². The lowest BCUT2D eigenvalue weighted by atomic mass is 10.2. The highest BCUT2D eigenvalue weighted by molar-refractivity contribution is 9.10. The van der Waals surface area contributed by atoms with Gasteiger partial charge in [0.1, 0.15) is 6.54 Å². The largest absolute Gasteiger partial charge is 0.377 e. The smallest absolute Gasteiger partial charge is 0.264 e. The Kier molecular flexibility index (Phi) is 8.98. The van der Waals surface area contributed by atoms with Crippen LogP contribution in [0.25, 0.3) is 0 Å². The van der Waals surface area contributed by atoms with E-state index in [-0.39, 0.29) is 4.90 Å². The summed E-state index contributed by atoms with van der Waals surface area (Å²) in [6.07, 6.45) is 3.43. The van der Waals surface area contributed by atoms with Gasteiger partial charge in [-0.25, -0.2) is 13.8 Å². The summed E-state index contributed by atoms with van der Waals surface area (Å²) in [5.41, 5.74) is 5.60. The number of benzene rings is 3. The molecule has 0 spiro atoms. The number of sulfonamides is 1. The molecule has 0 fully saturated rings. The Hall–Kier alpha value is -2.82. The average Bonchev–Trinajstić information content (AvgIpc) is 2.83. The summed E-state index contributed by atoms with van der Waals surface area (Å²) < 4.78 is 28.9. The van der Waals surface area contributed by atoms with Gasteiger partial charge in [-0.2, -0.15) is 5.10 Å². The molecular weight excluding hydrogens is 548 g/mol. The molecule has 10 heteroatoms. The molecule has 184 valence electrons. The Morgan fingerprint density at radius 3 is 2.29 bits per heavy atom. The van der Waals surface area contributed by atoms with Gasteiger partial charge >= 0.3 is 0 Å². The molecule has 0 radical (unpaired) electrons. The Morgan fingerprint density at radius 2 is 1.71 bits per heavy atom. The molecule has 1 N–H and O–H groups in total. The number of carbonyl (C=O) groups excluding carboxylic acids is 1. The number of anilines is 2. The van der Waals surface area contributed by atoms with E-state index in [1.165, 1.54) is 18.0 Å². The maximum Gasteiger partial charge on any atom is 0.264 e. The summed E-state index contributed by atoms with van der Waals surface area (Å²) in [5, 5.41) is 4.01. The van der Waals surface area contributed by atoms with E-state index in [1.807, 2.05) is 50.4 Å². The van der Waals surface area contributed by atoms with Crippen LogP contribution in [-0.2, 0) is 14.8 Å². The molecular formula is C25H27BrN4O3S2. The van der Waals surface area contributed by atoms with Gasteiger partial charge in [0.15, 0.2) is 0 Å². The molecule has 35 heavy (non-hydrogen) atoms. The minimum atomic E-state index is -3.98. The first-order valence-electron chi connectivity index (χ1n) is 10.6. The van der Waals surface area contributed by atoms with Crippen LogP contribution in [0.2, 0.25) is 0 Å². The van der Waals surface area contributed by atoms with Crippen molar-refractivity contribution in [3.05, 3.63) is 82.3 Å². The maximum absolute atomic E-state index is 13.5. The highest BCUT2D eigenvalue weighted by Crippen LogP contribution is 2.26. The van der Waals surface area contributed by atoms with Gasteiger partial charge in [-0.1, -0.05) is 23.8 Å². The number of nitrogens with one attached hydrogen (secondary N) is 1. The van der Waals surface area contributed by atoms with Crippen LogP contribution in [0.3, 0.4) is 0 Å². The molecule has 7 nitrogen and oxygen atoms in total. The number of thioether (sulfide) groups is 1. The van der Waals surface area contributed by atoms with Crippen LogP contribution < -0.4 is 14.6 Å². The molecule has 0 aliphatic rings. The second kappa shape index (κ2) is 11.7. The summed E-state index contributed by atoms with van der Waals surface area (Å²) in [5.74, 6) is -0.560. The van der Waals surface area contributed by atoms with E-state index in [2.05, 4.69) is 26.5 Å². The molecule has 0 aliphatic heterocycles. The summed E-state index contributed by atoms with van der Waals surface area (Å²) in [6.45, 7) is 1.49. The predicted octanol–water partition coefficient (Wildman–Crippen LogP) is 4.89. The zero-order chi connectivity index (χ0) is 25.6. The standard InChI is InChI=1S/C25H27BrN4O3S2/c1-18-5-8-20(9-6-18)30(35(32,33)22-12-10-21(34-4)11-13-22)17-25(31)28-27-16-19-7-14-24(29(2)3)23(26)15-19/h5-16H,17H2,1-4H3,(H,28,31)/b27-16-. The summed E-state index contributed by atoms with van der Waals surface area (Å²) in [6, 6.07) is 19.3. The summed E-state index contributed by atoms with van der Waals surface area (Å²) in [4.78, 5) is 15.8. The third kappa shape index (κ3) is 6.87. The van der Waals surface area contributed by atoms with Gasteiger partial charge in [0.2, 0.25) is 0 Å². The molecule has 1 amide bonds. The average molecular weight is 576 g/mol. The zero-order valence-corrected chi connectivity index (χ0v) is 23.1. The third-order valence-electron chi connectivity index (χ3n) is 5.11. The van der Waals surface area contributed by atoms with Gasteiger partial charge < -0.3 is 4.90 Å². The van der Waals surface area contributed by atoms with Crippen molar-refractivity contribution in [2.45, 2.75) is 16.7 Å². The van der Waals surface area contributed by atoms with Crippen molar-refractivity contribution in [3.8, 4) is 0 Å². The second-order valence-electron chi connectivity index (χ2n) is 7.92. The fraction of sp³-hybridized carbons (Fsp3) is 0.200. The van der Waals surface area contributed by atoms with E-state index >= 15 is 0 Å². The van der Waals surface area contributed by atoms with E-state index in [0.29, 0.717) is 5.69 Å². The number of nitrogens with zero attached hydrogens (tertiary/aromatic N) is 3. The number of halogens is 1. The predicted molar refractivity (Wildman–Crippen MR) is 148 cm³/mol. The number of amides is 1. The van der Waals surface area contributed by atoms with Crippen molar-refractivity contribution in [2.24, 2.45) is 5.10 Å². The Balaban J connectivity index is 1.81. The van der Waals surface area contributed by atoms with Crippen LogP contribution in [0.4, 0.5) is 11.4 Å². The van der Waals surface area contributed by atoms with E-state index in [4.69, 9.17) is 0 Å². The van der Waals surface area contributed by atoms with E-state index in [9.17, 15) is 13.2 Å². The first-order chi connectivity index (χ1) is 16.6. The lowest BCUT2D eigenvalue weighted by Gasteiger charge is -2.24. The van der Waals surface area contributed by atoms with Crippen LogP contribution >= 0.6 is 27.7 Å². The lowest BCUT2D eigenvalue weighted by molar-refractivity contribution is -0.119. The van der Waals surface area contributed by atoms with Crippen LogP contribution in [0.5, 0.6) is 0 Å². The summed E-state index contributed by atoms with van der Waals surface area (Å²) >= 11 is 5.04. The number of hydrazone groups is 1. The van der Waals surface area contributed by atoms with Crippen molar-refractivity contribution < 1.29 is 13.2 Å². The molecule has 0 aromatic heterocycles. The number of aryl methyl sites for hydroxylation is 1. The van der Waals surface area contributed by atoms with Crippen molar-refractivity contribution in [2.75, 3.05) is 36.1 Å². The minimum Gasteiger partial charge on any atom is -0.377 e. The Bertz CT molecular complexity index is 1310. The SMILES string of the molecule is CSc1ccc(S(=O)(=O)N(CC(=O)N/N=C\c2ccc(N(C)C)c(Br)c2)c2ccc(C)cc2)cc1. The lowest BCUT2D eigenvalue weighted by Crippen LogP contribution is -2.39. The molecule has 0 saturated heterocycles. The molecule has 3 rings (SSSR count). The molecule has 0 atom stereocenters. The van der Waals surface area contributed by atoms with Gasteiger partial charge in [0, 0.05) is 23.5 Å². The first-order valence-corrected chi connectivity index (χ1v) is 14.1. The Labute approximate surface area is 219 Å². The highest BCUT2D eigenvalue weighted by Gasteiger charge is 2.27.